The number of nitrogens with zero attached hydrogens (tertiary/aromatic N) is 1. The Kier molecular flexibility index (Phi) is 3.52. The highest BCUT2D eigenvalue weighted by Crippen LogP contribution is 2.25. The van der Waals surface area contributed by atoms with Crippen LogP contribution in [-0.4, -0.2) is 19.0 Å². The lowest BCUT2D eigenvalue weighted by Gasteiger charge is -2.33. The number of carbonyl (C=O) groups excluding carboxylic acids is 1. The minimum Gasteiger partial charge on any atom is -0.399 e. The summed E-state index contributed by atoms with van der Waals surface area (Å²) in [6.45, 7) is 1.98. The lowest BCUT2D eigenvalue weighted by Crippen LogP contribution is -2.35. The summed E-state index contributed by atoms with van der Waals surface area (Å²) in [6.07, 6.45) is 2.59. The van der Waals surface area contributed by atoms with Gasteiger partial charge < -0.3 is 16.4 Å². The van der Waals surface area contributed by atoms with E-state index >= 15 is 0 Å². The van der Waals surface area contributed by atoms with Crippen LogP contribution in [0.15, 0.2) is 24.3 Å². The summed E-state index contributed by atoms with van der Waals surface area (Å²) in [5, 5.41) is 0. The van der Waals surface area contributed by atoms with Gasteiger partial charge in [0.2, 0.25) is 5.91 Å². The first-order chi connectivity index (χ1) is 8.15. The SMILES string of the molecule is NC(=O)CC1CCN(c2ccc(N)cc2)CC1. The van der Waals surface area contributed by atoms with Crippen LogP contribution < -0.4 is 16.4 Å². The third-order valence-corrected chi connectivity index (χ3v) is 3.36. The largest absolute Gasteiger partial charge is 0.399 e. The van der Waals surface area contributed by atoms with E-state index < -0.39 is 0 Å². The number of primary amides is 1. The van der Waals surface area contributed by atoms with E-state index in [4.69, 9.17) is 11.5 Å². The summed E-state index contributed by atoms with van der Waals surface area (Å²) in [6, 6.07) is 7.93. The van der Waals surface area contributed by atoms with Crippen LogP contribution in [0.4, 0.5) is 11.4 Å². The highest BCUT2D eigenvalue weighted by atomic mass is 16.1. The van der Waals surface area contributed by atoms with Gasteiger partial charge in [-0.05, 0) is 43.0 Å². The van der Waals surface area contributed by atoms with E-state index in [1.165, 1.54) is 5.69 Å². The topological polar surface area (TPSA) is 72.4 Å². The summed E-state index contributed by atoms with van der Waals surface area (Å²) < 4.78 is 0. The van der Waals surface area contributed by atoms with Gasteiger partial charge in [0.05, 0.1) is 0 Å². The molecule has 1 aliphatic rings. The van der Waals surface area contributed by atoms with Crippen LogP contribution in [0.25, 0.3) is 0 Å². The Labute approximate surface area is 102 Å². The summed E-state index contributed by atoms with van der Waals surface area (Å²) in [5.41, 5.74) is 12.9. The van der Waals surface area contributed by atoms with Crippen molar-refractivity contribution in [3.05, 3.63) is 24.3 Å². The first-order valence-corrected chi connectivity index (χ1v) is 6.04. The van der Waals surface area contributed by atoms with Crippen LogP contribution in [0.5, 0.6) is 0 Å². The Balaban J connectivity index is 1.90. The second kappa shape index (κ2) is 5.08. The third-order valence-electron chi connectivity index (χ3n) is 3.36. The van der Waals surface area contributed by atoms with Crippen molar-refractivity contribution in [3.8, 4) is 0 Å². The molecule has 4 N–H and O–H groups in total. The van der Waals surface area contributed by atoms with E-state index in [0.29, 0.717) is 12.3 Å². The molecule has 92 valence electrons. The quantitative estimate of drug-likeness (QED) is 0.774. The fraction of sp³-hybridized carbons (Fsp3) is 0.462. The van der Waals surface area contributed by atoms with Gasteiger partial charge in [-0.1, -0.05) is 0 Å². The minimum atomic E-state index is -0.184. The van der Waals surface area contributed by atoms with E-state index in [0.717, 1.165) is 31.6 Å². The van der Waals surface area contributed by atoms with Crippen LogP contribution in [0.3, 0.4) is 0 Å². The maximum absolute atomic E-state index is 10.9. The molecule has 0 unspecified atom stereocenters. The number of rotatable bonds is 3. The smallest absolute Gasteiger partial charge is 0.217 e. The predicted molar refractivity (Wildman–Crippen MR) is 69.6 cm³/mol. The second-order valence-corrected chi connectivity index (χ2v) is 4.69. The Bertz CT molecular complexity index is 380. The van der Waals surface area contributed by atoms with Crippen molar-refractivity contribution in [2.75, 3.05) is 23.7 Å². The van der Waals surface area contributed by atoms with Gasteiger partial charge >= 0.3 is 0 Å². The first-order valence-electron chi connectivity index (χ1n) is 6.04. The molecule has 1 heterocycles. The van der Waals surface area contributed by atoms with Gasteiger partial charge in [-0.25, -0.2) is 0 Å². The van der Waals surface area contributed by atoms with E-state index in [1.54, 1.807) is 0 Å². The Hall–Kier alpha value is -1.71. The van der Waals surface area contributed by atoms with Gasteiger partial charge in [0.25, 0.3) is 0 Å². The van der Waals surface area contributed by atoms with E-state index in [9.17, 15) is 4.79 Å². The van der Waals surface area contributed by atoms with Gasteiger partial charge in [0, 0.05) is 30.9 Å². The van der Waals surface area contributed by atoms with Crippen LogP contribution in [0, 0.1) is 5.92 Å². The van der Waals surface area contributed by atoms with Gasteiger partial charge in [0.15, 0.2) is 0 Å². The number of hydrogen-bond acceptors (Lipinski definition) is 3. The molecule has 0 radical (unpaired) electrons. The molecule has 0 atom stereocenters. The molecular weight excluding hydrogens is 214 g/mol. The average Bonchev–Trinajstić information content (AvgIpc) is 2.30. The molecule has 2 rings (SSSR count). The molecule has 1 amide bonds. The molecule has 0 aromatic heterocycles. The van der Waals surface area contributed by atoms with Crippen molar-refractivity contribution < 1.29 is 4.79 Å². The second-order valence-electron chi connectivity index (χ2n) is 4.69. The highest BCUT2D eigenvalue weighted by Gasteiger charge is 2.20. The van der Waals surface area contributed by atoms with Crippen molar-refractivity contribution in [1.29, 1.82) is 0 Å². The summed E-state index contributed by atoms with van der Waals surface area (Å²) >= 11 is 0. The molecule has 1 aromatic rings. The molecule has 0 aliphatic carbocycles. The maximum Gasteiger partial charge on any atom is 0.217 e. The predicted octanol–water partition coefficient (Wildman–Crippen LogP) is 1.36. The number of nitrogens with two attached hydrogens (primary N) is 2. The molecule has 1 aromatic carbocycles. The van der Waals surface area contributed by atoms with Gasteiger partial charge in [-0.2, -0.15) is 0 Å². The van der Waals surface area contributed by atoms with Gasteiger partial charge in [-0.3, -0.25) is 4.79 Å². The molecular formula is C13H19N3O. The number of piperidine rings is 1. The Morgan fingerprint density at radius 3 is 2.35 bits per heavy atom. The number of amides is 1. The number of benzene rings is 1. The fourth-order valence-corrected chi connectivity index (χ4v) is 2.36. The molecule has 17 heavy (non-hydrogen) atoms. The molecule has 4 heteroatoms. The third kappa shape index (κ3) is 3.12. The zero-order valence-corrected chi connectivity index (χ0v) is 9.93. The number of nitrogen functional groups attached to an aromatic ring is 1. The summed E-state index contributed by atoms with van der Waals surface area (Å²) in [4.78, 5) is 13.2. The number of carbonyl (C=O) groups is 1. The highest BCUT2D eigenvalue weighted by molar-refractivity contribution is 5.74. The number of anilines is 2. The number of hydrogen-bond donors (Lipinski definition) is 2. The molecule has 0 bridgehead atoms. The van der Waals surface area contributed by atoms with Gasteiger partial charge in [0.1, 0.15) is 0 Å². The maximum atomic E-state index is 10.9. The van der Waals surface area contributed by atoms with Crippen LogP contribution in [0.2, 0.25) is 0 Å². The van der Waals surface area contributed by atoms with E-state index in [2.05, 4.69) is 4.90 Å². The van der Waals surface area contributed by atoms with Crippen molar-refractivity contribution in [3.63, 3.8) is 0 Å². The molecule has 4 nitrogen and oxygen atoms in total. The van der Waals surface area contributed by atoms with Crippen molar-refractivity contribution in [2.45, 2.75) is 19.3 Å². The molecule has 0 spiro atoms. The minimum absolute atomic E-state index is 0.184. The molecule has 1 aliphatic heterocycles. The van der Waals surface area contributed by atoms with E-state index in [1.807, 2.05) is 24.3 Å². The molecule has 0 saturated carbocycles. The fourth-order valence-electron chi connectivity index (χ4n) is 2.36. The average molecular weight is 233 g/mol. The molecule has 1 fully saturated rings. The van der Waals surface area contributed by atoms with Crippen molar-refractivity contribution >= 4 is 17.3 Å². The Morgan fingerprint density at radius 2 is 1.82 bits per heavy atom. The van der Waals surface area contributed by atoms with Crippen LogP contribution >= 0.6 is 0 Å². The molecule has 1 saturated heterocycles. The first kappa shape index (κ1) is 11.8. The monoisotopic (exact) mass is 233 g/mol. The van der Waals surface area contributed by atoms with Crippen LogP contribution in [-0.2, 0) is 4.79 Å². The zero-order chi connectivity index (χ0) is 12.3. The normalized spacial score (nSPS) is 17.1. The van der Waals surface area contributed by atoms with E-state index in [-0.39, 0.29) is 5.91 Å². The lowest BCUT2D eigenvalue weighted by molar-refractivity contribution is -0.119. The van der Waals surface area contributed by atoms with Crippen LogP contribution in [0.1, 0.15) is 19.3 Å². The zero-order valence-electron chi connectivity index (χ0n) is 9.93. The summed E-state index contributed by atoms with van der Waals surface area (Å²) in [7, 11) is 0. The Morgan fingerprint density at radius 1 is 1.24 bits per heavy atom. The van der Waals surface area contributed by atoms with Gasteiger partial charge in [-0.15, -0.1) is 0 Å². The van der Waals surface area contributed by atoms with Crippen molar-refractivity contribution in [2.24, 2.45) is 11.7 Å². The van der Waals surface area contributed by atoms with Crippen molar-refractivity contribution in [1.82, 2.24) is 0 Å². The summed E-state index contributed by atoms with van der Waals surface area (Å²) in [5.74, 6) is 0.272. The standard InChI is InChI=1S/C13H19N3O/c14-11-1-3-12(4-2-11)16-7-5-10(6-8-16)9-13(15)17/h1-4,10H,5-9,14H2,(H2,15,17). The lowest BCUT2D eigenvalue weighted by atomic mass is 9.93.